The molecule has 0 bridgehead atoms. The Morgan fingerprint density at radius 1 is 1.20 bits per heavy atom. The van der Waals surface area contributed by atoms with Gasteiger partial charge in [-0.25, -0.2) is 0 Å². The summed E-state index contributed by atoms with van der Waals surface area (Å²) < 4.78 is 5.38. The molecule has 1 aromatic carbocycles. The van der Waals surface area contributed by atoms with E-state index in [2.05, 4.69) is 19.1 Å². The molecule has 0 aliphatic rings. The maximum absolute atomic E-state index is 5.91. The lowest BCUT2D eigenvalue weighted by molar-refractivity contribution is 0.340. The largest absolute Gasteiger partial charge is 0.494 e. The minimum Gasteiger partial charge on any atom is -0.494 e. The SMILES string of the molecule is CCOc1ccc(CC(C)=C(C)Cl)cc1. The molecule has 0 aromatic heterocycles. The van der Waals surface area contributed by atoms with E-state index in [1.54, 1.807) is 0 Å². The molecular formula is C13H17ClO. The highest BCUT2D eigenvalue weighted by Gasteiger charge is 1.98. The average molecular weight is 225 g/mol. The Bertz CT molecular complexity index is 334. The topological polar surface area (TPSA) is 9.23 Å². The Morgan fingerprint density at radius 2 is 1.80 bits per heavy atom. The summed E-state index contributed by atoms with van der Waals surface area (Å²) >= 11 is 5.91. The predicted molar refractivity (Wildman–Crippen MR) is 65.5 cm³/mol. The first-order valence-corrected chi connectivity index (χ1v) is 5.55. The molecule has 0 spiro atoms. The van der Waals surface area contributed by atoms with E-state index in [1.165, 1.54) is 11.1 Å². The summed E-state index contributed by atoms with van der Waals surface area (Å²) in [6, 6.07) is 8.15. The number of halogens is 1. The second-order valence-corrected chi connectivity index (χ2v) is 4.13. The van der Waals surface area contributed by atoms with Gasteiger partial charge >= 0.3 is 0 Å². The molecule has 15 heavy (non-hydrogen) atoms. The first-order chi connectivity index (χ1) is 7.13. The van der Waals surface area contributed by atoms with Crippen molar-refractivity contribution in [2.75, 3.05) is 6.61 Å². The second-order valence-electron chi connectivity index (χ2n) is 3.57. The van der Waals surface area contributed by atoms with Crippen LogP contribution < -0.4 is 4.74 Å². The molecule has 2 heteroatoms. The van der Waals surface area contributed by atoms with Gasteiger partial charge in [-0.3, -0.25) is 0 Å². The van der Waals surface area contributed by atoms with Gasteiger partial charge in [-0.2, -0.15) is 0 Å². The van der Waals surface area contributed by atoms with Crippen molar-refractivity contribution in [3.05, 3.63) is 40.4 Å². The number of rotatable bonds is 4. The van der Waals surface area contributed by atoms with E-state index in [0.717, 1.165) is 17.2 Å². The standard InChI is InChI=1S/C13H17ClO/c1-4-15-13-7-5-12(6-8-13)9-10(2)11(3)14/h5-8H,4,9H2,1-3H3. The van der Waals surface area contributed by atoms with Gasteiger partial charge in [-0.15, -0.1) is 0 Å². The first kappa shape index (κ1) is 12.1. The van der Waals surface area contributed by atoms with Gasteiger partial charge in [-0.05, 0) is 44.9 Å². The van der Waals surface area contributed by atoms with E-state index >= 15 is 0 Å². The van der Waals surface area contributed by atoms with Crippen LogP contribution >= 0.6 is 11.6 Å². The molecule has 0 amide bonds. The van der Waals surface area contributed by atoms with Crippen LogP contribution in [0.25, 0.3) is 0 Å². The number of hydrogen-bond acceptors (Lipinski definition) is 1. The third kappa shape index (κ3) is 3.96. The Kier molecular flexibility index (Phi) is 4.70. The van der Waals surface area contributed by atoms with Crippen molar-refractivity contribution in [1.82, 2.24) is 0 Å². The lowest BCUT2D eigenvalue weighted by Gasteiger charge is -2.05. The number of hydrogen-bond donors (Lipinski definition) is 0. The Balaban J connectivity index is 2.69. The fraction of sp³-hybridized carbons (Fsp3) is 0.385. The summed E-state index contributed by atoms with van der Waals surface area (Å²) in [5.74, 6) is 0.922. The number of benzene rings is 1. The van der Waals surface area contributed by atoms with E-state index in [0.29, 0.717) is 6.61 Å². The summed E-state index contributed by atoms with van der Waals surface area (Å²) in [7, 11) is 0. The molecule has 1 rings (SSSR count). The van der Waals surface area contributed by atoms with Crippen molar-refractivity contribution in [3.8, 4) is 5.75 Å². The lowest BCUT2D eigenvalue weighted by Crippen LogP contribution is -1.92. The van der Waals surface area contributed by atoms with Crippen LogP contribution in [0.4, 0.5) is 0 Å². The van der Waals surface area contributed by atoms with Crippen LogP contribution in [0.5, 0.6) is 5.75 Å². The first-order valence-electron chi connectivity index (χ1n) is 5.17. The Labute approximate surface area is 96.7 Å². The van der Waals surface area contributed by atoms with Crippen LogP contribution in [0.3, 0.4) is 0 Å². The minimum atomic E-state index is 0.707. The molecule has 0 saturated heterocycles. The van der Waals surface area contributed by atoms with E-state index < -0.39 is 0 Å². The molecule has 0 aliphatic carbocycles. The third-order valence-electron chi connectivity index (χ3n) is 2.29. The summed E-state index contributed by atoms with van der Waals surface area (Å²) in [5, 5.41) is 0.879. The van der Waals surface area contributed by atoms with Gasteiger partial charge in [0.15, 0.2) is 0 Å². The van der Waals surface area contributed by atoms with Crippen LogP contribution in [-0.2, 0) is 6.42 Å². The third-order valence-corrected chi connectivity index (χ3v) is 2.61. The molecule has 0 fully saturated rings. The van der Waals surface area contributed by atoms with Gasteiger partial charge in [0.05, 0.1) is 6.61 Å². The normalized spacial score (nSPS) is 12.3. The van der Waals surface area contributed by atoms with Crippen LogP contribution in [0.15, 0.2) is 34.9 Å². The Morgan fingerprint density at radius 3 is 2.27 bits per heavy atom. The maximum atomic E-state index is 5.91. The molecular weight excluding hydrogens is 208 g/mol. The van der Waals surface area contributed by atoms with Gasteiger partial charge in [0.2, 0.25) is 0 Å². The van der Waals surface area contributed by atoms with E-state index in [-0.39, 0.29) is 0 Å². The summed E-state index contributed by atoms with van der Waals surface area (Å²) in [4.78, 5) is 0. The van der Waals surface area contributed by atoms with Crippen LogP contribution in [0, 0.1) is 0 Å². The molecule has 82 valence electrons. The van der Waals surface area contributed by atoms with Crippen molar-refractivity contribution in [3.63, 3.8) is 0 Å². The van der Waals surface area contributed by atoms with Crippen molar-refractivity contribution in [1.29, 1.82) is 0 Å². The summed E-state index contributed by atoms with van der Waals surface area (Å²) in [6.07, 6.45) is 0.905. The molecule has 0 N–H and O–H groups in total. The van der Waals surface area contributed by atoms with Gasteiger partial charge in [-0.1, -0.05) is 29.3 Å². The van der Waals surface area contributed by atoms with Gasteiger partial charge in [0.25, 0.3) is 0 Å². The molecule has 1 aromatic rings. The predicted octanol–water partition coefficient (Wildman–Crippen LogP) is 4.16. The monoisotopic (exact) mass is 224 g/mol. The summed E-state index contributed by atoms with van der Waals surface area (Å²) in [6.45, 7) is 6.67. The number of allylic oxidation sites excluding steroid dienone is 2. The Hall–Kier alpha value is -0.950. The smallest absolute Gasteiger partial charge is 0.119 e. The number of ether oxygens (including phenoxy) is 1. The molecule has 0 radical (unpaired) electrons. The average Bonchev–Trinajstić information content (AvgIpc) is 2.21. The van der Waals surface area contributed by atoms with Gasteiger partial charge in [0, 0.05) is 5.03 Å². The lowest BCUT2D eigenvalue weighted by atomic mass is 10.1. The van der Waals surface area contributed by atoms with Gasteiger partial charge in [0.1, 0.15) is 5.75 Å². The quantitative estimate of drug-likeness (QED) is 0.746. The fourth-order valence-electron chi connectivity index (χ4n) is 1.30. The van der Waals surface area contributed by atoms with Crippen LogP contribution in [0.1, 0.15) is 26.3 Å². The fourth-order valence-corrected chi connectivity index (χ4v) is 1.36. The van der Waals surface area contributed by atoms with Crippen molar-refractivity contribution in [2.24, 2.45) is 0 Å². The van der Waals surface area contributed by atoms with E-state index in [1.807, 2.05) is 26.0 Å². The zero-order chi connectivity index (χ0) is 11.3. The minimum absolute atomic E-state index is 0.707. The second kappa shape index (κ2) is 5.82. The van der Waals surface area contributed by atoms with Crippen molar-refractivity contribution < 1.29 is 4.74 Å². The molecule has 0 atom stereocenters. The molecule has 0 aliphatic heterocycles. The molecule has 1 nitrogen and oxygen atoms in total. The van der Waals surface area contributed by atoms with Gasteiger partial charge < -0.3 is 4.74 Å². The zero-order valence-electron chi connectivity index (χ0n) is 9.51. The molecule has 0 saturated carbocycles. The maximum Gasteiger partial charge on any atom is 0.119 e. The highest BCUT2D eigenvalue weighted by molar-refractivity contribution is 6.29. The zero-order valence-corrected chi connectivity index (χ0v) is 10.3. The molecule has 0 heterocycles. The summed E-state index contributed by atoms with van der Waals surface area (Å²) in [5.41, 5.74) is 2.47. The van der Waals surface area contributed by atoms with Crippen LogP contribution in [0.2, 0.25) is 0 Å². The highest BCUT2D eigenvalue weighted by Crippen LogP contribution is 2.17. The molecule has 0 unspecified atom stereocenters. The van der Waals surface area contributed by atoms with E-state index in [4.69, 9.17) is 16.3 Å². The highest BCUT2D eigenvalue weighted by atomic mass is 35.5. The van der Waals surface area contributed by atoms with Crippen molar-refractivity contribution in [2.45, 2.75) is 27.2 Å². The van der Waals surface area contributed by atoms with Crippen molar-refractivity contribution >= 4 is 11.6 Å². The van der Waals surface area contributed by atoms with Crippen LogP contribution in [-0.4, -0.2) is 6.61 Å². The van der Waals surface area contributed by atoms with E-state index in [9.17, 15) is 0 Å².